The Morgan fingerprint density at radius 1 is 1.14 bits per heavy atom. The van der Waals surface area contributed by atoms with Crippen LogP contribution in [0.25, 0.3) is 11.4 Å². The minimum atomic E-state index is -1.92. The van der Waals surface area contributed by atoms with Crippen LogP contribution in [0.2, 0.25) is 0 Å². The second kappa shape index (κ2) is 11.9. The van der Waals surface area contributed by atoms with Gasteiger partial charge in [0.05, 0.1) is 24.7 Å². The molecule has 0 radical (unpaired) electrons. The van der Waals surface area contributed by atoms with Crippen molar-refractivity contribution in [3.8, 4) is 11.4 Å². The fourth-order valence-corrected chi connectivity index (χ4v) is 5.62. The van der Waals surface area contributed by atoms with Crippen LogP contribution in [-0.4, -0.2) is 75.1 Å². The molecule has 35 heavy (non-hydrogen) atoms. The molecule has 2 heterocycles. The van der Waals surface area contributed by atoms with Crippen molar-refractivity contribution in [3.05, 3.63) is 36.0 Å². The Morgan fingerprint density at radius 3 is 2.51 bits per heavy atom. The van der Waals surface area contributed by atoms with Gasteiger partial charge in [-0.25, -0.2) is 19.0 Å². The number of rotatable bonds is 9. The van der Waals surface area contributed by atoms with E-state index in [4.69, 9.17) is 19.8 Å². The molecule has 2 aromatic rings. The number of aromatic nitrogens is 2. The maximum atomic E-state index is 12.0. The first-order valence-electron chi connectivity index (χ1n) is 12.0. The van der Waals surface area contributed by atoms with Gasteiger partial charge in [0, 0.05) is 49.0 Å². The summed E-state index contributed by atoms with van der Waals surface area (Å²) in [6.45, 7) is 3.12. The monoisotopic (exact) mass is 503 g/mol. The van der Waals surface area contributed by atoms with Crippen molar-refractivity contribution < 1.29 is 23.4 Å². The van der Waals surface area contributed by atoms with E-state index < -0.39 is 16.5 Å². The number of carbonyl (C=O) groups is 1. The molecule has 4 N–H and O–H groups in total. The van der Waals surface area contributed by atoms with E-state index in [1.165, 1.54) is 0 Å². The first kappa shape index (κ1) is 25.5. The molecule has 1 saturated carbocycles. The number of aliphatic hydroxyl groups excluding tert-OH is 1. The number of urea groups is 1. The SMILES string of the molecule is O=C(NCCCO)Nc1ccc(-c2nc(N3CCOCC3)cc(C3(CS(=O)O)CCCC3)n2)cc1. The van der Waals surface area contributed by atoms with Crippen LogP contribution >= 0.6 is 0 Å². The highest BCUT2D eigenvalue weighted by atomic mass is 32.2. The second-order valence-corrected chi connectivity index (χ2v) is 9.95. The summed E-state index contributed by atoms with van der Waals surface area (Å²) in [5.41, 5.74) is 1.80. The Bertz CT molecular complexity index is 1020. The standard InChI is InChI=1S/C24H33N5O5S/c30-13-3-10-25-23(31)26-19-6-4-18(5-7-19)22-27-20(24(17-35(32)33)8-1-2-9-24)16-21(28-22)29-11-14-34-15-12-29/h4-7,16,30H,1-3,8-15,17H2,(H,32,33)(H2,25,26,31). The summed E-state index contributed by atoms with van der Waals surface area (Å²) < 4.78 is 27.1. The number of nitrogens with zero attached hydrogens (tertiary/aromatic N) is 3. The topological polar surface area (TPSA) is 137 Å². The van der Waals surface area contributed by atoms with E-state index in [0.29, 0.717) is 37.7 Å². The molecule has 1 saturated heterocycles. The molecule has 1 aliphatic heterocycles. The first-order chi connectivity index (χ1) is 17.0. The Morgan fingerprint density at radius 2 is 1.86 bits per heavy atom. The zero-order valence-corrected chi connectivity index (χ0v) is 20.6. The fraction of sp³-hybridized carbons (Fsp3) is 0.542. The van der Waals surface area contributed by atoms with Gasteiger partial charge in [-0.15, -0.1) is 0 Å². The van der Waals surface area contributed by atoms with Gasteiger partial charge in [0.1, 0.15) is 5.82 Å². The molecule has 4 rings (SSSR count). The van der Waals surface area contributed by atoms with E-state index in [1.807, 2.05) is 18.2 Å². The number of ether oxygens (including phenoxy) is 1. The van der Waals surface area contributed by atoms with Crippen LogP contribution < -0.4 is 15.5 Å². The van der Waals surface area contributed by atoms with Crippen LogP contribution in [0.1, 0.15) is 37.8 Å². The Labute approximate surface area is 207 Å². The summed E-state index contributed by atoms with van der Waals surface area (Å²) in [4.78, 5) is 23.9. The summed E-state index contributed by atoms with van der Waals surface area (Å²) in [7, 11) is 0. The molecule has 0 bridgehead atoms. The highest BCUT2D eigenvalue weighted by Gasteiger charge is 2.39. The van der Waals surface area contributed by atoms with E-state index in [1.54, 1.807) is 12.1 Å². The van der Waals surface area contributed by atoms with Crippen molar-refractivity contribution in [1.29, 1.82) is 0 Å². The van der Waals surface area contributed by atoms with Gasteiger partial charge in [-0.2, -0.15) is 0 Å². The van der Waals surface area contributed by atoms with E-state index in [0.717, 1.165) is 55.8 Å². The number of anilines is 2. The molecule has 10 nitrogen and oxygen atoms in total. The molecule has 0 spiro atoms. The quantitative estimate of drug-likeness (QED) is 0.303. The van der Waals surface area contributed by atoms with Crippen molar-refractivity contribution in [2.75, 3.05) is 55.4 Å². The van der Waals surface area contributed by atoms with Gasteiger partial charge in [0.2, 0.25) is 0 Å². The van der Waals surface area contributed by atoms with Crippen LogP contribution in [0, 0.1) is 0 Å². The minimum Gasteiger partial charge on any atom is -0.396 e. The largest absolute Gasteiger partial charge is 0.396 e. The van der Waals surface area contributed by atoms with Crippen LogP contribution in [0.15, 0.2) is 30.3 Å². The van der Waals surface area contributed by atoms with Crippen LogP contribution in [0.5, 0.6) is 0 Å². The Kier molecular flexibility index (Phi) is 8.66. The lowest BCUT2D eigenvalue weighted by molar-refractivity contribution is 0.122. The van der Waals surface area contributed by atoms with Crippen LogP contribution in [0.3, 0.4) is 0 Å². The molecule has 1 unspecified atom stereocenters. The number of hydrogen-bond acceptors (Lipinski definition) is 7. The lowest BCUT2D eigenvalue weighted by Gasteiger charge is -2.31. The number of hydrogen-bond donors (Lipinski definition) is 4. The second-order valence-electron chi connectivity index (χ2n) is 9.02. The Hall–Kier alpha value is -2.60. The summed E-state index contributed by atoms with van der Waals surface area (Å²) in [5, 5.41) is 14.3. The highest BCUT2D eigenvalue weighted by molar-refractivity contribution is 7.79. The summed E-state index contributed by atoms with van der Waals surface area (Å²) in [6, 6.07) is 8.95. The maximum Gasteiger partial charge on any atom is 0.319 e. The van der Waals surface area contributed by atoms with Gasteiger partial charge < -0.3 is 29.9 Å². The third-order valence-electron chi connectivity index (χ3n) is 6.57. The molecule has 1 aromatic carbocycles. The molecular weight excluding hydrogens is 470 g/mol. The summed E-state index contributed by atoms with van der Waals surface area (Å²) in [5.74, 6) is 1.52. The van der Waals surface area contributed by atoms with Crippen molar-refractivity contribution >= 4 is 28.6 Å². The molecule has 1 aliphatic carbocycles. The fourth-order valence-electron chi connectivity index (χ4n) is 4.71. The van der Waals surface area contributed by atoms with Crippen molar-refractivity contribution in [1.82, 2.24) is 15.3 Å². The normalized spacial score (nSPS) is 18.3. The summed E-state index contributed by atoms with van der Waals surface area (Å²) >= 11 is -1.92. The first-order valence-corrected chi connectivity index (χ1v) is 13.3. The van der Waals surface area contributed by atoms with E-state index in [-0.39, 0.29) is 18.4 Å². The van der Waals surface area contributed by atoms with Gasteiger partial charge in [0.15, 0.2) is 16.9 Å². The summed E-state index contributed by atoms with van der Waals surface area (Å²) in [6.07, 6.45) is 4.16. The maximum absolute atomic E-state index is 12.0. The molecule has 11 heteroatoms. The van der Waals surface area contributed by atoms with Gasteiger partial charge in [0.25, 0.3) is 0 Å². The molecule has 190 valence electrons. The third kappa shape index (κ3) is 6.54. The van der Waals surface area contributed by atoms with Gasteiger partial charge in [-0.1, -0.05) is 12.8 Å². The van der Waals surface area contributed by atoms with Crippen molar-refractivity contribution in [2.45, 2.75) is 37.5 Å². The predicted molar refractivity (Wildman–Crippen MR) is 135 cm³/mol. The number of nitrogens with one attached hydrogen (secondary N) is 2. The predicted octanol–water partition coefficient (Wildman–Crippen LogP) is 2.52. The van der Waals surface area contributed by atoms with Gasteiger partial charge in [-0.05, 0) is 43.5 Å². The van der Waals surface area contributed by atoms with Crippen LogP contribution in [-0.2, 0) is 21.2 Å². The number of morpholine rings is 1. The Balaban J connectivity index is 1.63. The third-order valence-corrected chi connectivity index (χ3v) is 7.37. The average molecular weight is 504 g/mol. The molecule has 1 aromatic heterocycles. The van der Waals surface area contributed by atoms with Crippen molar-refractivity contribution in [2.24, 2.45) is 0 Å². The molecular formula is C24H33N5O5S. The minimum absolute atomic E-state index is 0.0238. The van der Waals surface area contributed by atoms with E-state index in [9.17, 15) is 13.6 Å². The molecule has 1 atom stereocenters. The van der Waals surface area contributed by atoms with E-state index in [2.05, 4.69) is 15.5 Å². The number of benzene rings is 1. The van der Waals surface area contributed by atoms with Gasteiger partial charge >= 0.3 is 6.03 Å². The number of amides is 2. The van der Waals surface area contributed by atoms with Crippen LogP contribution in [0.4, 0.5) is 16.3 Å². The molecule has 2 fully saturated rings. The lowest BCUT2D eigenvalue weighted by atomic mass is 9.84. The zero-order valence-electron chi connectivity index (χ0n) is 19.7. The lowest BCUT2D eigenvalue weighted by Crippen LogP contribution is -2.37. The number of carbonyl (C=O) groups excluding carboxylic acids is 1. The highest BCUT2D eigenvalue weighted by Crippen LogP contribution is 2.42. The number of aliphatic hydroxyl groups is 1. The molecule has 2 aliphatic rings. The van der Waals surface area contributed by atoms with Crippen molar-refractivity contribution in [3.63, 3.8) is 0 Å². The van der Waals surface area contributed by atoms with E-state index >= 15 is 0 Å². The smallest absolute Gasteiger partial charge is 0.319 e. The van der Waals surface area contributed by atoms with Gasteiger partial charge in [-0.3, -0.25) is 0 Å². The molecule has 2 amide bonds. The zero-order chi connectivity index (χ0) is 24.7. The average Bonchev–Trinajstić information content (AvgIpc) is 3.34.